The summed E-state index contributed by atoms with van der Waals surface area (Å²) in [4.78, 5) is 19.2. The van der Waals surface area contributed by atoms with Gasteiger partial charge in [0.1, 0.15) is 18.0 Å². The van der Waals surface area contributed by atoms with Gasteiger partial charge in [-0.05, 0) is 47.4 Å². The Morgan fingerprint density at radius 1 is 1.13 bits per heavy atom. The highest BCUT2D eigenvalue weighted by molar-refractivity contribution is 6.01. The van der Waals surface area contributed by atoms with Crippen LogP contribution in [0.4, 0.5) is 0 Å². The van der Waals surface area contributed by atoms with E-state index in [0.717, 1.165) is 27.9 Å². The Morgan fingerprint density at radius 2 is 1.97 bits per heavy atom. The first-order chi connectivity index (χ1) is 15.1. The minimum atomic E-state index is -0.675. The van der Waals surface area contributed by atoms with Gasteiger partial charge in [0.15, 0.2) is 0 Å². The highest BCUT2D eigenvalue weighted by atomic mass is 16.6. The number of aryl methyl sites for hydroxylation is 1. The molecule has 0 saturated carbocycles. The quantitative estimate of drug-likeness (QED) is 0.691. The number of ether oxygens (including phenoxy) is 2. The van der Waals surface area contributed by atoms with Crippen LogP contribution in [0.25, 0.3) is 11.1 Å². The van der Waals surface area contributed by atoms with Crippen molar-refractivity contribution >= 4 is 5.91 Å². The summed E-state index contributed by atoms with van der Waals surface area (Å²) in [6, 6.07) is 18.0. The number of carbonyl (C=O) groups is 1. The Kier molecular flexibility index (Phi) is 5.18. The maximum Gasteiger partial charge on any atom is 0.258 e. The third-order valence-corrected chi connectivity index (χ3v) is 5.81. The average molecular weight is 416 g/mol. The number of hydrogen-bond acceptors (Lipinski definition) is 5. The summed E-state index contributed by atoms with van der Waals surface area (Å²) in [7, 11) is 0. The lowest BCUT2D eigenvalue weighted by molar-refractivity contribution is 0.0685. The molecule has 2 atom stereocenters. The van der Waals surface area contributed by atoms with Crippen molar-refractivity contribution in [3.05, 3.63) is 83.2 Å². The van der Waals surface area contributed by atoms with Gasteiger partial charge in [-0.15, -0.1) is 0 Å². The second-order valence-electron chi connectivity index (χ2n) is 8.10. The van der Waals surface area contributed by atoms with Gasteiger partial charge in [-0.2, -0.15) is 0 Å². The standard InChI is InChI=1S/C25H24N2O4/c1-16-11-19(9-10-26-16)18-7-5-17(6-8-18)12-27-13-20-3-2-4-22(24(20)25(27)29)31-23-15-30-14-21(23)28/h2-11,21,23,28H,12-15H2,1H3/t21-,23-/m0/s1. The lowest BCUT2D eigenvalue weighted by atomic mass is 10.0. The molecule has 158 valence electrons. The van der Waals surface area contributed by atoms with Crippen LogP contribution in [0.5, 0.6) is 5.75 Å². The van der Waals surface area contributed by atoms with E-state index in [-0.39, 0.29) is 12.5 Å². The van der Waals surface area contributed by atoms with E-state index in [0.29, 0.717) is 31.0 Å². The van der Waals surface area contributed by atoms with Crippen LogP contribution in [-0.4, -0.2) is 46.3 Å². The van der Waals surface area contributed by atoms with Gasteiger partial charge in [0.2, 0.25) is 0 Å². The molecule has 1 amide bonds. The van der Waals surface area contributed by atoms with Gasteiger partial charge in [-0.3, -0.25) is 9.78 Å². The molecule has 0 bridgehead atoms. The van der Waals surface area contributed by atoms with E-state index in [1.54, 1.807) is 6.07 Å². The summed E-state index contributed by atoms with van der Waals surface area (Å²) in [6.07, 6.45) is 0.693. The average Bonchev–Trinajstić information content (AvgIpc) is 3.32. The Morgan fingerprint density at radius 3 is 2.71 bits per heavy atom. The lowest BCUT2D eigenvalue weighted by Gasteiger charge is -2.18. The van der Waals surface area contributed by atoms with Crippen molar-refractivity contribution in [2.24, 2.45) is 0 Å². The summed E-state index contributed by atoms with van der Waals surface area (Å²) in [6.45, 7) is 3.63. The van der Waals surface area contributed by atoms with Crippen molar-refractivity contribution in [3.8, 4) is 16.9 Å². The van der Waals surface area contributed by atoms with E-state index in [2.05, 4.69) is 35.3 Å². The van der Waals surface area contributed by atoms with Crippen LogP contribution in [0.3, 0.4) is 0 Å². The van der Waals surface area contributed by atoms with Crippen molar-refractivity contribution in [1.82, 2.24) is 9.88 Å². The topological polar surface area (TPSA) is 71.9 Å². The lowest BCUT2D eigenvalue weighted by Crippen LogP contribution is -2.30. The molecule has 0 aliphatic carbocycles. The monoisotopic (exact) mass is 416 g/mol. The van der Waals surface area contributed by atoms with Crippen molar-refractivity contribution in [1.29, 1.82) is 0 Å². The molecule has 2 aliphatic heterocycles. The van der Waals surface area contributed by atoms with Crippen molar-refractivity contribution < 1.29 is 19.4 Å². The van der Waals surface area contributed by atoms with Gasteiger partial charge in [0.25, 0.3) is 5.91 Å². The SMILES string of the molecule is Cc1cc(-c2ccc(CN3Cc4cccc(O[C@H]5COC[C@@H]5O)c4C3=O)cc2)ccn1. The van der Waals surface area contributed by atoms with E-state index in [4.69, 9.17) is 9.47 Å². The number of aromatic nitrogens is 1. The molecule has 1 fully saturated rings. The number of benzene rings is 2. The largest absolute Gasteiger partial charge is 0.484 e. The molecule has 6 heteroatoms. The van der Waals surface area contributed by atoms with Crippen LogP contribution in [-0.2, 0) is 17.8 Å². The number of rotatable bonds is 5. The van der Waals surface area contributed by atoms with Crippen LogP contribution < -0.4 is 4.74 Å². The minimum Gasteiger partial charge on any atom is -0.484 e. The number of pyridine rings is 1. The molecule has 6 nitrogen and oxygen atoms in total. The number of carbonyl (C=O) groups excluding carboxylic acids is 1. The Hall–Kier alpha value is -3.22. The van der Waals surface area contributed by atoms with Crippen LogP contribution in [0.15, 0.2) is 60.8 Å². The first kappa shape index (κ1) is 19.7. The summed E-state index contributed by atoms with van der Waals surface area (Å²) < 4.78 is 11.2. The number of nitrogens with zero attached hydrogens (tertiary/aromatic N) is 2. The van der Waals surface area contributed by atoms with E-state index < -0.39 is 12.2 Å². The highest BCUT2D eigenvalue weighted by Gasteiger charge is 2.34. The molecule has 31 heavy (non-hydrogen) atoms. The number of aliphatic hydroxyl groups is 1. The normalized spacial score (nSPS) is 20.2. The van der Waals surface area contributed by atoms with Gasteiger partial charge < -0.3 is 19.5 Å². The molecule has 5 rings (SSSR count). The van der Waals surface area contributed by atoms with Crippen LogP contribution in [0.1, 0.15) is 27.2 Å². The molecule has 1 N–H and O–H groups in total. The summed E-state index contributed by atoms with van der Waals surface area (Å²) >= 11 is 0. The van der Waals surface area contributed by atoms with Gasteiger partial charge in [0.05, 0.1) is 18.8 Å². The summed E-state index contributed by atoms with van der Waals surface area (Å²) in [5.41, 5.74) is 5.83. The smallest absolute Gasteiger partial charge is 0.258 e. The fourth-order valence-electron chi connectivity index (χ4n) is 4.16. The molecule has 3 heterocycles. The molecule has 0 unspecified atom stereocenters. The molecule has 3 aromatic rings. The number of amides is 1. The van der Waals surface area contributed by atoms with E-state index in [1.807, 2.05) is 36.2 Å². The van der Waals surface area contributed by atoms with Crippen LogP contribution >= 0.6 is 0 Å². The zero-order chi connectivity index (χ0) is 21.4. The van der Waals surface area contributed by atoms with Gasteiger partial charge in [0, 0.05) is 25.0 Å². The fourth-order valence-corrected chi connectivity index (χ4v) is 4.16. The predicted octanol–water partition coefficient (Wildman–Crippen LogP) is 3.35. The molecule has 0 radical (unpaired) electrons. The van der Waals surface area contributed by atoms with Gasteiger partial charge in [-0.25, -0.2) is 0 Å². The van der Waals surface area contributed by atoms with E-state index >= 15 is 0 Å². The first-order valence-electron chi connectivity index (χ1n) is 10.4. The van der Waals surface area contributed by atoms with E-state index in [9.17, 15) is 9.90 Å². The van der Waals surface area contributed by atoms with Crippen LogP contribution in [0, 0.1) is 6.92 Å². The second kappa shape index (κ2) is 8.13. The maximum absolute atomic E-state index is 13.1. The molecule has 1 aromatic heterocycles. The molecule has 2 aliphatic rings. The van der Waals surface area contributed by atoms with Crippen molar-refractivity contribution in [2.45, 2.75) is 32.2 Å². The molecule has 1 saturated heterocycles. The Balaban J connectivity index is 1.31. The Labute approximate surface area is 181 Å². The minimum absolute atomic E-state index is 0.0483. The Bertz CT molecular complexity index is 1110. The van der Waals surface area contributed by atoms with Crippen molar-refractivity contribution in [2.75, 3.05) is 13.2 Å². The van der Waals surface area contributed by atoms with E-state index in [1.165, 1.54) is 0 Å². The fraction of sp³-hybridized carbons (Fsp3) is 0.280. The number of hydrogen-bond donors (Lipinski definition) is 1. The molecule has 2 aromatic carbocycles. The first-order valence-corrected chi connectivity index (χ1v) is 10.4. The van der Waals surface area contributed by atoms with Gasteiger partial charge in [-0.1, -0.05) is 36.4 Å². The van der Waals surface area contributed by atoms with Crippen LogP contribution in [0.2, 0.25) is 0 Å². The predicted molar refractivity (Wildman–Crippen MR) is 116 cm³/mol. The maximum atomic E-state index is 13.1. The highest BCUT2D eigenvalue weighted by Crippen LogP contribution is 2.33. The summed E-state index contributed by atoms with van der Waals surface area (Å²) in [5.74, 6) is 0.468. The molecular formula is C25H24N2O4. The zero-order valence-electron chi connectivity index (χ0n) is 17.3. The number of fused-ring (bicyclic) bond motifs is 1. The zero-order valence-corrected chi connectivity index (χ0v) is 17.3. The third-order valence-electron chi connectivity index (χ3n) is 5.81. The number of aliphatic hydroxyl groups excluding tert-OH is 1. The second-order valence-corrected chi connectivity index (χ2v) is 8.10. The third kappa shape index (κ3) is 3.92. The van der Waals surface area contributed by atoms with Crippen molar-refractivity contribution in [3.63, 3.8) is 0 Å². The molecule has 0 spiro atoms. The summed E-state index contributed by atoms with van der Waals surface area (Å²) in [5, 5.41) is 9.98. The molecular weight excluding hydrogens is 392 g/mol. The van der Waals surface area contributed by atoms with Gasteiger partial charge >= 0.3 is 0 Å².